The number of benzene rings is 1. The van der Waals surface area contributed by atoms with Gasteiger partial charge in [0.25, 0.3) is 0 Å². The van der Waals surface area contributed by atoms with Gasteiger partial charge in [-0.25, -0.2) is 0 Å². The van der Waals surface area contributed by atoms with Gasteiger partial charge < -0.3 is 5.32 Å². The number of piperidine rings is 1. The Morgan fingerprint density at radius 3 is 2.06 bits per heavy atom. The first-order chi connectivity index (χ1) is 7.79. The zero-order valence-electron chi connectivity index (χ0n) is 10.4. The SMILES string of the molecule is C1CCNCC1.CC(=O)Cc1ccccc1.Cl. The zero-order valence-corrected chi connectivity index (χ0v) is 11.3. The Hall–Kier alpha value is -0.860. The van der Waals surface area contributed by atoms with Gasteiger partial charge in [-0.1, -0.05) is 36.8 Å². The molecule has 0 radical (unpaired) electrons. The molecule has 1 heterocycles. The van der Waals surface area contributed by atoms with E-state index in [1.165, 1.54) is 32.4 Å². The number of carbonyl (C=O) groups is 1. The third kappa shape index (κ3) is 8.90. The van der Waals surface area contributed by atoms with E-state index >= 15 is 0 Å². The first-order valence-corrected chi connectivity index (χ1v) is 6.03. The molecule has 1 aromatic carbocycles. The molecule has 2 nitrogen and oxygen atoms in total. The second-order valence-electron chi connectivity index (χ2n) is 4.18. The van der Waals surface area contributed by atoms with Crippen LogP contribution in [0.1, 0.15) is 31.7 Å². The van der Waals surface area contributed by atoms with E-state index in [-0.39, 0.29) is 18.2 Å². The summed E-state index contributed by atoms with van der Waals surface area (Å²) in [5.41, 5.74) is 1.09. The van der Waals surface area contributed by atoms with E-state index in [1.54, 1.807) is 6.92 Å². The van der Waals surface area contributed by atoms with Crippen molar-refractivity contribution in [2.45, 2.75) is 32.6 Å². The van der Waals surface area contributed by atoms with Gasteiger partial charge in [-0.05, 0) is 38.4 Å². The minimum absolute atomic E-state index is 0. The Labute approximate surface area is 110 Å². The highest BCUT2D eigenvalue weighted by atomic mass is 35.5. The zero-order chi connectivity index (χ0) is 11.6. The maximum Gasteiger partial charge on any atom is 0.134 e. The van der Waals surface area contributed by atoms with E-state index < -0.39 is 0 Å². The van der Waals surface area contributed by atoms with Crippen molar-refractivity contribution in [1.82, 2.24) is 5.32 Å². The Morgan fingerprint density at radius 1 is 1.12 bits per heavy atom. The van der Waals surface area contributed by atoms with Crippen LogP contribution in [0, 0.1) is 0 Å². The van der Waals surface area contributed by atoms with E-state index in [2.05, 4.69) is 5.32 Å². The Balaban J connectivity index is 0.000000316. The van der Waals surface area contributed by atoms with Crippen LogP contribution in [0.3, 0.4) is 0 Å². The Bertz CT molecular complexity index is 285. The molecule has 2 rings (SSSR count). The standard InChI is InChI=1S/C9H10O.C5H11N.ClH/c1-8(10)7-9-5-3-2-4-6-9;1-2-4-6-5-3-1;/h2-6H,7H2,1H3;6H,1-5H2;1H. The van der Waals surface area contributed by atoms with Gasteiger partial charge in [0.1, 0.15) is 5.78 Å². The average Bonchev–Trinajstić information content (AvgIpc) is 2.32. The molecule has 1 saturated heterocycles. The number of halogens is 1. The second kappa shape index (κ2) is 10.3. The van der Waals surface area contributed by atoms with Gasteiger partial charge in [0, 0.05) is 6.42 Å². The van der Waals surface area contributed by atoms with Gasteiger partial charge in [0.2, 0.25) is 0 Å². The highest BCUT2D eigenvalue weighted by Gasteiger charge is 1.94. The fraction of sp³-hybridized carbons (Fsp3) is 0.500. The van der Waals surface area contributed by atoms with Crippen molar-refractivity contribution in [3.05, 3.63) is 35.9 Å². The van der Waals surface area contributed by atoms with Crippen LogP contribution in [0.25, 0.3) is 0 Å². The molecule has 0 aromatic heterocycles. The predicted molar refractivity (Wildman–Crippen MR) is 74.8 cm³/mol. The van der Waals surface area contributed by atoms with Crippen LogP contribution in [0.4, 0.5) is 0 Å². The van der Waals surface area contributed by atoms with E-state index in [1.807, 2.05) is 30.3 Å². The summed E-state index contributed by atoms with van der Waals surface area (Å²) >= 11 is 0. The summed E-state index contributed by atoms with van der Waals surface area (Å²) in [6, 6.07) is 9.75. The van der Waals surface area contributed by atoms with Gasteiger partial charge in [-0.3, -0.25) is 4.79 Å². The molecule has 96 valence electrons. The molecule has 0 amide bonds. The van der Waals surface area contributed by atoms with E-state index in [0.717, 1.165) is 5.56 Å². The molecule has 0 bridgehead atoms. The number of nitrogens with one attached hydrogen (secondary N) is 1. The molecular weight excluding hydrogens is 234 g/mol. The maximum absolute atomic E-state index is 10.6. The number of Topliss-reactive ketones (excluding diaryl/α,β-unsaturated/α-hetero) is 1. The number of hydrogen-bond donors (Lipinski definition) is 1. The summed E-state index contributed by atoms with van der Waals surface area (Å²) < 4.78 is 0. The van der Waals surface area contributed by atoms with Crippen molar-refractivity contribution in [3.8, 4) is 0 Å². The quantitative estimate of drug-likeness (QED) is 0.880. The molecule has 17 heavy (non-hydrogen) atoms. The number of ketones is 1. The van der Waals surface area contributed by atoms with Crippen LogP contribution < -0.4 is 5.32 Å². The van der Waals surface area contributed by atoms with Crippen molar-refractivity contribution in [1.29, 1.82) is 0 Å². The summed E-state index contributed by atoms with van der Waals surface area (Å²) in [6.45, 7) is 4.10. The minimum atomic E-state index is 0. The van der Waals surface area contributed by atoms with Gasteiger partial charge in [0.05, 0.1) is 0 Å². The monoisotopic (exact) mass is 255 g/mol. The van der Waals surface area contributed by atoms with Gasteiger partial charge in [0.15, 0.2) is 0 Å². The van der Waals surface area contributed by atoms with Crippen molar-refractivity contribution < 1.29 is 4.79 Å². The Kier molecular flexibility index (Phi) is 9.78. The van der Waals surface area contributed by atoms with E-state index in [9.17, 15) is 4.79 Å². The molecule has 1 aliphatic rings. The molecule has 0 aliphatic carbocycles. The van der Waals surface area contributed by atoms with Crippen molar-refractivity contribution in [2.24, 2.45) is 0 Å². The molecule has 0 unspecified atom stereocenters. The second-order valence-corrected chi connectivity index (χ2v) is 4.18. The van der Waals surface area contributed by atoms with Crippen LogP contribution in [-0.4, -0.2) is 18.9 Å². The normalized spacial score (nSPS) is 13.9. The molecule has 1 aliphatic heterocycles. The largest absolute Gasteiger partial charge is 0.317 e. The third-order valence-corrected chi connectivity index (χ3v) is 2.50. The summed E-state index contributed by atoms with van der Waals surface area (Å²) in [7, 11) is 0. The van der Waals surface area contributed by atoms with Crippen molar-refractivity contribution in [3.63, 3.8) is 0 Å². The average molecular weight is 256 g/mol. The fourth-order valence-corrected chi connectivity index (χ4v) is 1.69. The molecule has 0 atom stereocenters. The van der Waals surface area contributed by atoms with Crippen molar-refractivity contribution in [2.75, 3.05) is 13.1 Å². The van der Waals surface area contributed by atoms with Gasteiger partial charge >= 0.3 is 0 Å². The van der Waals surface area contributed by atoms with Crippen LogP contribution >= 0.6 is 12.4 Å². The van der Waals surface area contributed by atoms with Crippen LogP contribution in [-0.2, 0) is 11.2 Å². The summed E-state index contributed by atoms with van der Waals surface area (Å²) in [5.74, 6) is 0.214. The molecule has 3 heteroatoms. The van der Waals surface area contributed by atoms with Gasteiger partial charge in [-0.15, -0.1) is 12.4 Å². The highest BCUT2D eigenvalue weighted by molar-refractivity contribution is 5.85. The number of carbonyl (C=O) groups excluding carboxylic acids is 1. The lowest BCUT2D eigenvalue weighted by molar-refractivity contribution is -0.116. The maximum atomic E-state index is 10.6. The van der Waals surface area contributed by atoms with E-state index in [0.29, 0.717) is 6.42 Å². The third-order valence-electron chi connectivity index (χ3n) is 2.50. The first-order valence-electron chi connectivity index (χ1n) is 6.03. The molecule has 1 fully saturated rings. The molecular formula is C14H22ClNO. The van der Waals surface area contributed by atoms with Crippen LogP contribution in [0.5, 0.6) is 0 Å². The molecule has 1 N–H and O–H groups in total. The summed E-state index contributed by atoms with van der Waals surface area (Å²) in [6.07, 6.45) is 4.77. The predicted octanol–water partition coefficient (Wildman–Crippen LogP) is 3.00. The number of rotatable bonds is 2. The van der Waals surface area contributed by atoms with Crippen LogP contribution in [0.2, 0.25) is 0 Å². The summed E-state index contributed by atoms with van der Waals surface area (Å²) in [4.78, 5) is 10.6. The lowest BCUT2D eigenvalue weighted by Crippen LogP contribution is -2.21. The first kappa shape index (κ1) is 16.1. The van der Waals surface area contributed by atoms with Crippen LogP contribution in [0.15, 0.2) is 30.3 Å². The lowest BCUT2D eigenvalue weighted by atomic mass is 10.1. The minimum Gasteiger partial charge on any atom is -0.317 e. The Morgan fingerprint density at radius 2 is 1.71 bits per heavy atom. The molecule has 0 spiro atoms. The molecule has 1 aromatic rings. The number of hydrogen-bond acceptors (Lipinski definition) is 2. The highest BCUT2D eigenvalue weighted by Crippen LogP contribution is 1.99. The smallest absolute Gasteiger partial charge is 0.134 e. The molecule has 0 saturated carbocycles. The topological polar surface area (TPSA) is 29.1 Å². The van der Waals surface area contributed by atoms with Crippen molar-refractivity contribution >= 4 is 18.2 Å². The lowest BCUT2D eigenvalue weighted by Gasteiger charge is -2.08. The fourth-order valence-electron chi connectivity index (χ4n) is 1.69. The summed E-state index contributed by atoms with van der Waals surface area (Å²) in [5, 5.41) is 3.28. The van der Waals surface area contributed by atoms with E-state index in [4.69, 9.17) is 0 Å². The van der Waals surface area contributed by atoms with Gasteiger partial charge in [-0.2, -0.15) is 0 Å².